The van der Waals surface area contributed by atoms with Crippen molar-refractivity contribution in [1.82, 2.24) is 4.90 Å². The van der Waals surface area contributed by atoms with Crippen LogP contribution in [0.15, 0.2) is 42.5 Å². The monoisotopic (exact) mass is 441 g/mol. The van der Waals surface area contributed by atoms with E-state index in [0.29, 0.717) is 23.9 Å². The number of likely N-dealkylation sites (tertiary alicyclic amines) is 1. The van der Waals surface area contributed by atoms with E-state index in [4.69, 9.17) is 0 Å². The summed E-state index contributed by atoms with van der Waals surface area (Å²) >= 11 is 0. The van der Waals surface area contributed by atoms with Crippen molar-refractivity contribution in [2.75, 3.05) is 43.0 Å². The normalized spacial score (nSPS) is 25.8. The molecule has 3 heterocycles. The quantitative estimate of drug-likeness (QED) is 0.638. The van der Waals surface area contributed by atoms with Gasteiger partial charge in [-0.15, -0.1) is 0 Å². The maximum atomic E-state index is 13.0. The highest BCUT2D eigenvalue weighted by Crippen LogP contribution is 2.57. The van der Waals surface area contributed by atoms with Crippen molar-refractivity contribution in [3.63, 3.8) is 0 Å². The average molecular weight is 442 g/mol. The zero-order chi connectivity index (χ0) is 22.1. The molecule has 0 aromatic heterocycles. The van der Waals surface area contributed by atoms with Crippen molar-refractivity contribution in [2.45, 2.75) is 55.8 Å². The molecule has 6 heteroatoms. The van der Waals surface area contributed by atoms with Crippen LogP contribution in [-0.4, -0.2) is 49.7 Å². The molecule has 0 N–H and O–H groups in total. The first-order chi connectivity index (χ1) is 15.4. The van der Waals surface area contributed by atoms with Crippen LogP contribution in [0.25, 0.3) is 0 Å². The molecule has 0 amide bonds. The molecule has 3 nitrogen and oxygen atoms in total. The van der Waals surface area contributed by atoms with E-state index in [-0.39, 0.29) is 0 Å². The SMILES string of the molecule is CN1c2cccc3c2N(CC12CC2)[C@H]1CCN(CCCc2cccc(C(F)(F)F)c2)C[C@@H]31. The topological polar surface area (TPSA) is 9.72 Å². The second-order valence-corrected chi connectivity index (χ2v) is 10.2. The average Bonchev–Trinajstić information content (AvgIpc) is 3.49. The number of para-hydroxylation sites is 1. The first-order valence-corrected chi connectivity index (χ1v) is 11.9. The fourth-order valence-electron chi connectivity index (χ4n) is 6.41. The Kier molecular flexibility index (Phi) is 4.55. The van der Waals surface area contributed by atoms with Gasteiger partial charge in [0.2, 0.25) is 0 Å². The van der Waals surface area contributed by atoms with Crippen LogP contribution in [0.3, 0.4) is 0 Å². The van der Waals surface area contributed by atoms with E-state index in [2.05, 4.69) is 39.9 Å². The standard InChI is InChI=1S/C26H30F3N3/c1-30-23-9-3-8-20-21-16-31(13-4-6-18-5-2-7-19(15-18)26(27,28)29)14-10-22(21)32(24(20)23)17-25(30)11-12-25/h2-3,5,7-9,15,21-22H,4,6,10-14,16-17H2,1H3/t21-,22-/m0/s1. The second-order valence-electron chi connectivity index (χ2n) is 10.2. The van der Waals surface area contributed by atoms with Gasteiger partial charge >= 0.3 is 6.18 Å². The van der Waals surface area contributed by atoms with Crippen molar-refractivity contribution in [1.29, 1.82) is 0 Å². The zero-order valence-corrected chi connectivity index (χ0v) is 18.5. The predicted molar refractivity (Wildman–Crippen MR) is 122 cm³/mol. The second kappa shape index (κ2) is 7.14. The molecule has 0 radical (unpaired) electrons. The van der Waals surface area contributed by atoms with Gasteiger partial charge in [-0.2, -0.15) is 13.2 Å². The first kappa shape index (κ1) is 20.4. The fraction of sp³-hybridized carbons (Fsp3) is 0.538. The van der Waals surface area contributed by atoms with Gasteiger partial charge in [0.15, 0.2) is 0 Å². The van der Waals surface area contributed by atoms with Crippen molar-refractivity contribution in [3.8, 4) is 0 Å². The third-order valence-corrected chi connectivity index (χ3v) is 8.35. The molecule has 1 spiro atoms. The summed E-state index contributed by atoms with van der Waals surface area (Å²) in [4.78, 5) is 7.79. The fourth-order valence-corrected chi connectivity index (χ4v) is 6.41. The van der Waals surface area contributed by atoms with Crippen molar-refractivity contribution < 1.29 is 13.2 Å². The van der Waals surface area contributed by atoms with Crippen molar-refractivity contribution in [2.24, 2.45) is 0 Å². The van der Waals surface area contributed by atoms with E-state index >= 15 is 0 Å². The minimum atomic E-state index is -4.27. The van der Waals surface area contributed by atoms with Crippen LogP contribution < -0.4 is 9.80 Å². The van der Waals surface area contributed by atoms with Crippen LogP contribution in [0, 0.1) is 0 Å². The molecule has 6 rings (SSSR count). The third kappa shape index (κ3) is 3.21. The van der Waals surface area contributed by atoms with Gasteiger partial charge in [0.1, 0.15) is 0 Å². The van der Waals surface area contributed by atoms with Gasteiger partial charge in [-0.05, 0) is 61.9 Å². The number of hydrogen-bond acceptors (Lipinski definition) is 3. The molecular formula is C26H30F3N3. The summed E-state index contributed by atoms with van der Waals surface area (Å²) in [7, 11) is 2.27. The lowest BCUT2D eigenvalue weighted by Gasteiger charge is -2.46. The van der Waals surface area contributed by atoms with Gasteiger partial charge in [-0.25, -0.2) is 0 Å². The number of hydrogen-bond donors (Lipinski definition) is 0. The molecule has 2 atom stereocenters. The van der Waals surface area contributed by atoms with Gasteiger partial charge < -0.3 is 14.7 Å². The van der Waals surface area contributed by atoms with Crippen LogP contribution in [0.2, 0.25) is 0 Å². The summed E-state index contributed by atoms with van der Waals surface area (Å²) in [6.07, 6.45) is 1.07. The summed E-state index contributed by atoms with van der Waals surface area (Å²) in [6, 6.07) is 13.2. The van der Waals surface area contributed by atoms with Crippen LogP contribution in [0.5, 0.6) is 0 Å². The molecule has 170 valence electrons. The Morgan fingerprint density at radius 3 is 2.69 bits per heavy atom. The molecule has 2 fully saturated rings. The van der Waals surface area contributed by atoms with Crippen LogP contribution >= 0.6 is 0 Å². The van der Waals surface area contributed by atoms with Crippen molar-refractivity contribution in [3.05, 3.63) is 59.2 Å². The maximum absolute atomic E-state index is 13.0. The third-order valence-electron chi connectivity index (χ3n) is 8.35. The zero-order valence-electron chi connectivity index (χ0n) is 18.5. The number of piperidine rings is 1. The number of likely N-dealkylation sites (N-methyl/N-ethyl adjacent to an activating group) is 1. The number of alkyl halides is 3. The summed E-state index contributed by atoms with van der Waals surface area (Å²) < 4.78 is 38.9. The number of anilines is 2. The van der Waals surface area contributed by atoms with E-state index in [1.54, 1.807) is 0 Å². The van der Waals surface area contributed by atoms with E-state index in [1.165, 1.54) is 48.3 Å². The molecule has 0 bridgehead atoms. The number of rotatable bonds is 4. The highest BCUT2D eigenvalue weighted by atomic mass is 19.4. The Balaban J connectivity index is 1.13. The molecule has 2 aromatic rings. The lowest BCUT2D eigenvalue weighted by molar-refractivity contribution is -0.137. The number of fused-ring (bicyclic) bond motifs is 3. The molecule has 2 aromatic carbocycles. The van der Waals surface area contributed by atoms with E-state index in [0.717, 1.165) is 44.2 Å². The van der Waals surface area contributed by atoms with Gasteiger partial charge in [-0.3, -0.25) is 0 Å². The van der Waals surface area contributed by atoms with Crippen LogP contribution in [0.1, 0.15) is 48.3 Å². The highest BCUT2D eigenvalue weighted by Gasteiger charge is 2.56. The van der Waals surface area contributed by atoms with Crippen LogP contribution in [-0.2, 0) is 12.6 Å². The molecule has 4 aliphatic rings. The summed E-state index contributed by atoms with van der Waals surface area (Å²) in [5.41, 5.74) is 4.95. The molecular weight excluding hydrogens is 411 g/mol. The minimum absolute atomic E-state index is 0.350. The van der Waals surface area contributed by atoms with E-state index in [1.807, 2.05) is 6.07 Å². The lowest BCUT2D eigenvalue weighted by Crippen LogP contribution is -2.54. The number of nitrogens with zero attached hydrogens (tertiary/aromatic N) is 3. The maximum Gasteiger partial charge on any atom is 0.416 e. The Bertz CT molecular complexity index is 1030. The first-order valence-electron chi connectivity index (χ1n) is 11.9. The summed E-state index contributed by atoms with van der Waals surface area (Å²) in [5, 5.41) is 0. The van der Waals surface area contributed by atoms with Crippen molar-refractivity contribution >= 4 is 11.4 Å². The van der Waals surface area contributed by atoms with Gasteiger partial charge in [0, 0.05) is 38.6 Å². The van der Waals surface area contributed by atoms with Gasteiger partial charge in [-0.1, -0.05) is 30.3 Å². The lowest BCUT2D eigenvalue weighted by atomic mass is 9.89. The number of aryl methyl sites for hydroxylation is 1. The Hall–Kier alpha value is -2.21. The molecule has 3 aliphatic heterocycles. The molecule has 1 saturated carbocycles. The van der Waals surface area contributed by atoms with Crippen LogP contribution in [0.4, 0.5) is 24.5 Å². The summed E-state index contributed by atoms with van der Waals surface area (Å²) in [5.74, 6) is 0.537. The Morgan fingerprint density at radius 2 is 1.91 bits per heavy atom. The largest absolute Gasteiger partial charge is 0.416 e. The van der Waals surface area contributed by atoms with E-state index < -0.39 is 11.7 Å². The van der Waals surface area contributed by atoms with E-state index in [9.17, 15) is 13.2 Å². The number of halogens is 3. The smallest absolute Gasteiger partial charge is 0.365 e. The Labute approximate surface area is 187 Å². The molecule has 32 heavy (non-hydrogen) atoms. The highest BCUT2D eigenvalue weighted by molar-refractivity contribution is 5.82. The minimum Gasteiger partial charge on any atom is -0.365 e. The molecule has 0 unspecified atom stereocenters. The molecule has 1 saturated heterocycles. The van der Waals surface area contributed by atoms with Gasteiger partial charge in [0.05, 0.1) is 22.5 Å². The Morgan fingerprint density at radius 1 is 1.09 bits per heavy atom. The van der Waals surface area contributed by atoms with Gasteiger partial charge in [0.25, 0.3) is 0 Å². The summed E-state index contributed by atoms with van der Waals surface area (Å²) in [6.45, 7) is 4.23. The molecule has 1 aliphatic carbocycles. The number of benzene rings is 2. The predicted octanol–water partition coefficient (Wildman–Crippen LogP) is 5.30.